The smallest absolute Gasteiger partial charge is 0.270 e. The Bertz CT molecular complexity index is 1030. The Morgan fingerprint density at radius 1 is 1.14 bits per heavy atom. The first-order valence-electron chi connectivity index (χ1n) is 9.34. The fraction of sp³-hybridized carbons (Fsp3) is 0.333. The highest BCUT2D eigenvalue weighted by Crippen LogP contribution is 2.38. The lowest BCUT2D eigenvalue weighted by Gasteiger charge is -2.36. The normalized spacial score (nSPS) is 14.4. The first-order valence-corrected chi connectivity index (χ1v) is 12.3. The van der Waals surface area contributed by atoms with Crippen molar-refractivity contribution in [3.05, 3.63) is 69.5 Å². The van der Waals surface area contributed by atoms with Crippen LogP contribution < -0.4 is 0 Å². The number of hydrogen-bond donors (Lipinski definition) is 0. The molecule has 0 bridgehead atoms. The zero-order chi connectivity index (χ0) is 21.4. The summed E-state index contributed by atoms with van der Waals surface area (Å²) in [6.07, 6.45) is 0. The Morgan fingerprint density at radius 3 is 2.45 bits per heavy atom. The molecule has 0 aromatic heterocycles. The van der Waals surface area contributed by atoms with Crippen LogP contribution in [0.4, 0.5) is 15.8 Å². The van der Waals surface area contributed by atoms with Crippen molar-refractivity contribution in [3.8, 4) is 0 Å². The number of halogens is 1. The Balaban J connectivity index is 2.14. The van der Waals surface area contributed by atoms with Gasteiger partial charge in [0.2, 0.25) is 0 Å². The molecule has 1 aliphatic rings. The molecule has 0 fully saturated rings. The van der Waals surface area contributed by atoms with Crippen LogP contribution in [0.25, 0.3) is 0 Å². The van der Waals surface area contributed by atoms with Crippen molar-refractivity contribution in [1.82, 2.24) is 0 Å². The van der Waals surface area contributed by atoms with E-state index in [0.717, 1.165) is 0 Å². The fourth-order valence-corrected chi connectivity index (χ4v) is 3.72. The van der Waals surface area contributed by atoms with Crippen LogP contribution >= 0.6 is 0 Å². The maximum atomic E-state index is 14.5. The highest BCUT2D eigenvalue weighted by Gasteiger charge is 2.40. The summed E-state index contributed by atoms with van der Waals surface area (Å²) < 4.78 is 20.8. The number of nitrogens with zero attached hydrogens (tertiary/aromatic N) is 3. The molecule has 0 saturated carbocycles. The summed E-state index contributed by atoms with van der Waals surface area (Å²) >= 11 is 0. The van der Waals surface area contributed by atoms with Gasteiger partial charge in [-0.15, -0.1) is 0 Å². The van der Waals surface area contributed by atoms with Gasteiger partial charge in [-0.1, -0.05) is 32.9 Å². The van der Waals surface area contributed by atoms with Crippen molar-refractivity contribution in [3.63, 3.8) is 0 Å². The molecule has 152 valence electrons. The lowest BCUT2D eigenvalue weighted by Crippen LogP contribution is -2.43. The van der Waals surface area contributed by atoms with Crippen LogP contribution in [0, 0.1) is 15.9 Å². The van der Waals surface area contributed by atoms with E-state index in [1.807, 2.05) is 0 Å². The van der Waals surface area contributed by atoms with E-state index in [1.165, 1.54) is 18.2 Å². The molecule has 0 amide bonds. The molecular formula is C21H24FN3O3Si. The molecule has 0 N–H and O–H groups in total. The molecule has 3 rings (SSSR count). The van der Waals surface area contributed by atoms with Crippen molar-refractivity contribution < 1.29 is 13.7 Å². The second kappa shape index (κ2) is 7.51. The van der Waals surface area contributed by atoms with Gasteiger partial charge in [0.1, 0.15) is 12.4 Å². The Labute approximate surface area is 170 Å². The van der Waals surface area contributed by atoms with Crippen LogP contribution in [0.2, 0.25) is 18.1 Å². The van der Waals surface area contributed by atoms with Crippen molar-refractivity contribution in [1.29, 1.82) is 0 Å². The van der Waals surface area contributed by atoms with Gasteiger partial charge in [0.05, 0.1) is 16.3 Å². The standard InChI is InChI=1S/C21H24FN3O3Si/c1-21(2,3)29(4,5)28-19-13-23-20(15-8-6-7-9-17(15)22)16-12-14(25(26)27)10-11-18(16)24-19/h6-12H,13H2,1-5H3. The average molecular weight is 414 g/mol. The highest BCUT2D eigenvalue weighted by molar-refractivity contribution is 6.75. The quantitative estimate of drug-likeness (QED) is 0.371. The average Bonchev–Trinajstić information content (AvgIpc) is 2.79. The lowest BCUT2D eigenvalue weighted by molar-refractivity contribution is -0.384. The summed E-state index contributed by atoms with van der Waals surface area (Å²) in [5.41, 5.74) is 1.40. The van der Waals surface area contributed by atoms with Crippen LogP contribution in [0.1, 0.15) is 31.9 Å². The monoisotopic (exact) mass is 413 g/mol. The van der Waals surface area contributed by atoms with Crippen molar-refractivity contribution in [2.24, 2.45) is 9.98 Å². The van der Waals surface area contributed by atoms with E-state index in [2.05, 4.69) is 43.9 Å². The van der Waals surface area contributed by atoms with Crippen LogP contribution in [-0.2, 0) is 4.43 Å². The van der Waals surface area contributed by atoms with Crippen LogP contribution in [-0.4, -0.2) is 31.4 Å². The topological polar surface area (TPSA) is 77.1 Å². The third-order valence-electron chi connectivity index (χ3n) is 5.37. The summed E-state index contributed by atoms with van der Waals surface area (Å²) in [7, 11) is -2.16. The molecule has 2 aromatic rings. The number of hydrogen-bond acceptors (Lipinski definition) is 5. The first-order chi connectivity index (χ1) is 13.5. The molecule has 1 aliphatic heterocycles. The molecule has 1 heterocycles. The second-order valence-corrected chi connectivity index (χ2v) is 13.2. The van der Waals surface area contributed by atoms with E-state index in [9.17, 15) is 14.5 Å². The van der Waals surface area contributed by atoms with E-state index in [1.54, 1.807) is 24.3 Å². The second-order valence-electron chi connectivity index (χ2n) is 8.47. The van der Waals surface area contributed by atoms with Gasteiger partial charge in [-0.05, 0) is 36.3 Å². The zero-order valence-electron chi connectivity index (χ0n) is 17.2. The maximum Gasteiger partial charge on any atom is 0.270 e. The molecule has 0 atom stereocenters. The van der Waals surface area contributed by atoms with Gasteiger partial charge >= 0.3 is 0 Å². The molecule has 0 aliphatic carbocycles. The van der Waals surface area contributed by atoms with Crippen LogP contribution in [0.15, 0.2) is 52.4 Å². The molecule has 0 unspecified atom stereocenters. The minimum atomic E-state index is -2.16. The molecule has 29 heavy (non-hydrogen) atoms. The van der Waals surface area contributed by atoms with Gasteiger partial charge in [-0.25, -0.2) is 9.38 Å². The van der Waals surface area contributed by atoms with Gasteiger partial charge < -0.3 is 4.43 Å². The predicted octanol–water partition coefficient (Wildman–Crippen LogP) is 5.64. The van der Waals surface area contributed by atoms with E-state index in [-0.39, 0.29) is 22.8 Å². The SMILES string of the molecule is CC(C)(C)[Si](C)(C)OC1=Nc2ccc([N+](=O)[O-])cc2C(c2ccccc2F)=NC1. The van der Waals surface area contributed by atoms with Crippen LogP contribution in [0.3, 0.4) is 0 Å². The number of nitro groups is 1. The summed E-state index contributed by atoms with van der Waals surface area (Å²) in [5.74, 6) is -0.00416. The minimum absolute atomic E-state index is 0.0296. The van der Waals surface area contributed by atoms with Crippen molar-refractivity contribution in [2.45, 2.75) is 38.9 Å². The third-order valence-corrected chi connectivity index (χ3v) is 9.73. The largest absolute Gasteiger partial charge is 0.532 e. The number of aliphatic imine (C=N–C) groups is 2. The number of fused-ring (bicyclic) bond motifs is 1. The van der Waals surface area contributed by atoms with Gasteiger partial charge in [0, 0.05) is 23.3 Å². The van der Waals surface area contributed by atoms with E-state index in [4.69, 9.17) is 4.43 Å². The fourth-order valence-electron chi connectivity index (χ4n) is 2.71. The van der Waals surface area contributed by atoms with E-state index in [0.29, 0.717) is 22.9 Å². The Hall–Kier alpha value is -2.87. The number of non-ortho nitro benzene ring substituents is 1. The van der Waals surface area contributed by atoms with Gasteiger partial charge in [0.15, 0.2) is 5.90 Å². The lowest BCUT2D eigenvalue weighted by atomic mass is 9.99. The zero-order valence-corrected chi connectivity index (χ0v) is 18.2. The highest BCUT2D eigenvalue weighted by atomic mass is 28.4. The third kappa shape index (κ3) is 4.27. The Kier molecular flexibility index (Phi) is 5.40. The van der Waals surface area contributed by atoms with Gasteiger partial charge in [-0.2, -0.15) is 0 Å². The number of nitro benzene ring substituents is 1. The van der Waals surface area contributed by atoms with Crippen LogP contribution in [0.5, 0.6) is 0 Å². The molecule has 6 nitrogen and oxygen atoms in total. The predicted molar refractivity (Wildman–Crippen MR) is 115 cm³/mol. The van der Waals surface area contributed by atoms with Crippen molar-refractivity contribution >= 4 is 31.3 Å². The molecule has 0 radical (unpaired) electrons. The van der Waals surface area contributed by atoms with Gasteiger partial charge in [-0.3, -0.25) is 15.1 Å². The molecular weight excluding hydrogens is 389 g/mol. The maximum absolute atomic E-state index is 14.5. The molecule has 2 aromatic carbocycles. The summed E-state index contributed by atoms with van der Waals surface area (Å²) in [6, 6.07) is 10.6. The first kappa shape index (κ1) is 20.9. The Morgan fingerprint density at radius 2 is 1.83 bits per heavy atom. The molecule has 0 saturated heterocycles. The van der Waals surface area contributed by atoms with E-state index < -0.39 is 19.1 Å². The van der Waals surface area contributed by atoms with Gasteiger partial charge in [0.25, 0.3) is 14.0 Å². The molecule has 8 heteroatoms. The summed E-state index contributed by atoms with van der Waals surface area (Å²) in [6.45, 7) is 10.7. The van der Waals surface area contributed by atoms with Crippen molar-refractivity contribution in [2.75, 3.05) is 6.54 Å². The number of rotatable bonds is 3. The summed E-state index contributed by atoms with van der Waals surface area (Å²) in [4.78, 5) is 20.0. The minimum Gasteiger partial charge on any atom is -0.532 e. The van der Waals surface area contributed by atoms with E-state index >= 15 is 0 Å². The molecule has 0 spiro atoms. The number of benzene rings is 2. The summed E-state index contributed by atoms with van der Waals surface area (Å²) in [5, 5.41) is 11.3.